The Kier molecular flexibility index (Phi) is 4.05. The molecule has 0 amide bonds. The molecule has 0 aliphatic heterocycles. The zero-order chi connectivity index (χ0) is 15.6. The Morgan fingerprint density at radius 2 is 2.10 bits per heavy atom. The number of benzene rings is 1. The van der Waals surface area contributed by atoms with Crippen LogP contribution in [0.4, 0.5) is 5.69 Å². The van der Waals surface area contributed by atoms with Crippen LogP contribution in [0, 0.1) is 17.0 Å². The fraction of sp³-hybridized carbons (Fsp3) is 0.250. The molecule has 1 aromatic carbocycles. The highest BCUT2D eigenvalue weighted by Crippen LogP contribution is 2.21. The van der Waals surface area contributed by atoms with Gasteiger partial charge in [0, 0.05) is 25.2 Å². The van der Waals surface area contributed by atoms with Crippen LogP contribution in [-0.2, 0) is 16.6 Å². The average molecular weight is 311 g/mol. The van der Waals surface area contributed by atoms with E-state index in [1.165, 1.54) is 25.2 Å². The summed E-state index contributed by atoms with van der Waals surface area (Å²) in [6, 6.07) is 6.53. The van der Waals surface area contributed by atoms with Crippen LogP contribution in [0.5, 0.6) is 0 Å². The highest BCUT2D eigenvalue weighted by atomic mass is 32.2. The van der Waals surface area contributed by atoms with E-state index in [0.29, 0.717) is 11.5 Å². The molecule has 0 radical (unpaired) electrons. The topological polar surface area (TPSA) is 107 Å². The minimum Gasteiger partial charge on any atom is -0.361 e. The second kappa shape index (κ2) is 5.62. The van der Waals surface area contributed by atoms with Crippen molar-refractivity contribution in [3.8, 4) is 0 Å². The van der Waals surface area contributed by atoms with E-state index in [0.717, 1.165) is 10.4 Å². The van der Waals surface area contributed by atoms with Gasteiger partial charge in [0.05, 0.1) is 22.1 Å². The third kappa shape index (κ3) is 3.26. The summed E-state index contributed by atoms with van der Waals surface area (Å²) in [6.07, 6.45) is 0. The van der Waals surface area contributed by atoms with Crippen molar-refractivity contribution in [2.75, 3.05) is 7.05 Å². The monoisotopic (exact) mass is 311 g/mol. The van der Waals surface area contributed by atoms with E-state index in [1.807, 2.05) is 0 Å². The molecule has 0 aliphatic carbocycles. The van der Waals surface area contributed by atoms with Crippen molar-refractivity contribution in [3.63, 3.8) is 0 Å². The lowest BCUT2D eigenvalue weighted by atomic mass is 10.3. The molecule has 0 N–H and O–H groups in total. The van der Waals surface area contributed by atoms with E-state index in [9.17, 15) is 18.5 Å². The number of non-ortho nitro benzene ring substituents is 1. The van der Waals surface area contributed by atoms with E-state index in [4.69, 9.17) is 4.52 Å². The molecule has 8 nitrogen and oxygen atoms in total. The Labute approximate surface area is 121 Å². The van der Waals surface area contributed by atoms with Crippen molar-refractivity contribution in [3.05, 3.63) is 51.9 Å². The summed E-state index contributed by atoms with van der Waals surface area (Å²) >= 11 is 0. The molecule has 2 rings (SSSR count). The van der Waals surface area contributed by atoms with E-state index < -0.39 is 14.9 Å². The number of hydrogen-bond donors (Lipinski definition) is 0. The average Bonchev–Trinajstić information content (AvgIpc) is 2.84. The Bertz CT molecular complexity index is 769. The third-order valence-corrected chi connectivity index (χ3v) is 4.60. The normalized spacial score (nSPS) is 11.8. The van der Waals surface area contributed by atoms with Crippen molar-refractivity contribution >= 4 is 15.7 Å². The molecular formula is C12H13N3O5S. The molecule has 112 valence electrons. The maximum atomic E-state index is 12.4. The number of nitro groups is 1. The first-order valence-corrected chi connectivity index (χ1v) is 7.37. The van der Waals surface area contributed by atoms with E-state index >= 15 is 0 Å². The second-order valence-corrected chi connectivity index (χ2v) is 6.49. The number of nitro benzene ring substituents is 1. The minimum atomic E-state index is -3.84. The van der Waals surface area contributed by atoms with E-state index in [2.05, 4.69) is 5.16 Å². The predicted molar refractivity (Wildman–Crippen MR) is 73.0 cm³/mol. The number of rotatable bonds is 5. The summed E-state index contributed by atoms with van der Waals surface area (Å²) < 4.78 is 30.7. The van der Waals surface area contributed by atoms with Crippen LogP contribution in [0.25, 0.3) is 0 Å². The van der Waals surface area contributed by atoms with Gasteiger partial charge in [-0.15, -0.1) is 0 Å². The Hall–Kier alpha value is -2.26. The van der Waals surface area contributed by atoms with Crippen LogP contribution < -0.4 is 0 Å². The predicted octanol–water partition coefficient (Wildman–Crippen LogP) is 1.71. The molecule has 21 heavy (non-hydrogen) atoms. The zero-order valence-electron chi connectivity index (χ0n) is 11.4. The van der Waals surface area contributed by atoms with Gasteiger partial charge in [0.15, 0.2) is 0 Å². The first-order valence-electron chi connectivity index (χ1n) is 5.93. The summed E-state index contributed by atoms with van der Waals surface area (Å²) in [5.41, 5.74) is 0.186. The standard InChI is InChI=1S/C12H13N3O5S/c1-9-6-10(13-20-9)8-14(2)21(18,19)12-5-3-4-11(7-12)15(16)17/h3-7H,8H2,1-2H3. The number of hydrogen-bond acceptors (Lipinski definition) is 6. The number of nitrogens with zero attached hydrogens (tertiary/aromatic N) is 3. The Morgan fingerprint density at radius 1 is 1.38 bits per heavy atom. The lowest BCUT2D eigenvalue weighted by molar-refractivity contribution is -0.385. The molecule has 1 aromatic heterocycles. The maximum Gasteiger partial charge on any atom is 0.270 e. The summed E-state index contributed by atoms with van der Waals surface area (Å²) in [7, 11) is -2.46. The van der Waals surface area contributed by atoms with Gasteiger partial charge in [0.1, 0.15) is 5.76 Å². The first kappa shape index (κ1) is 15.1. The van der Waals surface area contributed by atoms with Crippen LogP contribution in [0.2, 0.25) is 0 Å². The quantitative estimate of drug-likeness (QED) is 0.614. The van der Waals surface area contributed by atoms with E-state index in [-0.39, 0.29) is 17.1 Å². The fourth-order valence-corrected chi connectivity index (χ4v) is 2.93. The summed E-state index contributed by atoms with van der Waals surface area (Å²) in [5.74, 6) is 0.575. The van der Waals surface area contributed by atoms with Gasteiger partial charge < -0.3 is 4.52 Å². The van der Waals surface area contributed by atoms with Crippen LogP contribution in [-0.4, -0.2) is 29.9 Å². The molecule has 1 heterocycles. The molecule has 0 spiro atoms. The van der Waals surface area contributed by atoms with Gasteiger partial charge in [0.2, 0.25) is 10.0 Å². The molecular weight excluding hydrogens is 298 g/mol. The SMILES string of the molecule is Cc1cc(CN(C)S(=O)(=O)c2cccc([N+](=O)[O-])c2)no1. The zero-order valence-corrected chi connectivity index (χ0v) is 12.2. The van der Waals surface area contributed by atoms with Crippen LogP contribution >= 0.6 is 0 Å². The van der Waals surface area contributed by atoms with Gasteiger partial charge in [0.25, 0.3) is 5.69 Å². The maximum absolute atomic E-state index is 12.4. The highest BCUT2D eigenvalue weighted by Gasteiger charge is 2.23. The van der Waals surface area contributed by atoms with Gasteiger partial charge in [-0.25, -0.2) is 8.42 Å². The molecule has 9 heteroatoms. The van der Waals surface area contributed by atoms with Crippen LogP contribution in [0.15, 0.2) is 39.8 Å². The summed E-state index contributed by atoms with van der Waals surface area (Å²) in [6.45, 7) is 1.72. The molecule has 2 aromatic rings. The minimum absolute atomic E-state index is 0.0162. The second-order valence-electron chi connectivity index (χ2n) is 4.44. The van der Waals surface area contributed by atoms with Crippen LogP contribution in [0.3, 0.4) is 0 Å². The largest absolute Gasteiger partial charge is 0.361 e. The van der Waals surface area contributed by atoms with Crippen molar-refractivity contribution in [1.29, 1.82) is 0 Å². The Balaban J connectivity index is 2.28. The van der Waals surface area contributed by atoms with Crippen molar-refractivity contribution in [2.24, 2.45) is 0 Å². The molecule has 0 fully saturated rings. The van der Waals surface area contributed by atoms with Gasteiger partial charge in [-0.05, 0) is 13.0 Å². The molecule has 0 aliphatic rings. The first-order chi connectivity index (χ1) is 9.80. The molecule has 0 bridgehead atoms. The molecule has 0 atom stereocenters. The van der Waals surface area contributed by atoms with Crippen molar-refractivity contribution in [1.82, 2.24) is 9.46 Å². The summed E-state index contributed by atoms with van der Waals surface area (Å²) in [4.78, 5) is 9.94. The number of sulfonamides is 1. The third-order valence-electron chi connectivity index (χ3n) is 2.80. The Morgan fingerprint density at radius 3 is 2.67 bits per heavy atom. The van der Waals surface area contributed by atoms with Crippen molar-refractivity contribution in [2.45, 2.75) is 18.4 Å². The number of aryl methyl sites for hydroxylation is 1. The smallest absolute Gasteiger partial charge is 0.270 e. The lowest BCUT2D eigenvalue weighted by Gasteiger charge is -2.15. The number of aromatic nitrogens is 1. The highest BCUT2D eigenvalue weighted by molar-refractivity contribution is 7.89. The molecule has 0 saturated heterocycles. The van der Waals surface area contributed by atoms with Gasteiger partial charge >= 0.3 is 0 Å². The van der Waals surface area contributed by atoms with Crippen LogP contribution in [0.1, 0.15) is 11.5 Å². The molecule has 0 unspecified atom stereocenters. The fourth-order valence-electron chi connectivity index (χ4n) is 1.74. The molecule has 0 saturated carbocycles. The van der Waals surface area contributed by atoms with E-state index in [1.54, 1.807) is 13.0 Å². The van der Waals surface area contributed by atoms with Gasteiger partial charge in [-0.1, -0.05) is 11.2 Å². The van der Waals surface area contributed by atoms with Gasteiger partial charge in [-0.2, -0.15) is 4.31 Å². The summed E-state index contributed by atoms with van der Waals surface area (Å²) in [5, 5.41) is 14.4. The van der Waals surface area contributed by atoms with Gasteiger partial charge in [-0.3, -0.25) is 10.1 Å². The lowest BCUT2D eigenvalue weighted by Crippen LogP contribution is -2.26. The van der Waals surface area contributed by atoms with Crippen molar-refractivity contribution < 1.29 is 17.9 Å².